The number of methoxy groups -OCH3 is 1. The summed E-state index contributed by atoms with van der Waals surface area (Å²) in [6, 6.07) is 4.00. The maximum absolute atomic E-state index is 6.19. The molecule has 0 fully saturated rings. The first-order chi connectivity index (χ1) is 8.01. The molecule has 17 heavy (non-hydrogen) atoms. The zero-order valence-corrected chi connectivity index (χ0v) is 11.8. The van der Waals surface area contributed by atoms with Crippen LogP contribution in [0.4, 0.5) is 0 Å². The highest BCUT2D eigenvalue weighted by atomic mass is 35.5. The molecule has 0 saturated carbocycles. The van der Waals surface area contributed by atoms with Crippen LogP contribution in [0.5, 0.6) is 5.75 Å². The van der Waals surface area contributed by atoms with Crippen LogP contribution >= 0.6 is 11.6 Å². The Hall–Kier alpha value is -0.950. The second kappa shape index (κ2) is 6.11. The van der Waals surface area contributed by atoms with Crippen LogP contribution in [0.25, 0.3) is 0 Å². The average Bonchev–Trinajstić information content (AvgIpc) is 2.28. The smallest absolute Gasteiger partial charge is 0.125 e. The minimum absolute atomic E-state index is 0.374. The monoisotopic (exact) mass is 252 g/mol. The molecule has 1 nitrogen and oxygen atoms in total. The summed E-state index contributed by atoms with van der Waals surface area (Å²) in [6.45, 7) is 10.3. The molecule has 0 aromatic heterocycles. The van der Waals surface area contributed by atoms with Crippen molar-refractivity contribution in [2.75, 3.05) is 7.11 Å². The molecule has 1 atom stereocenters. The predicted octanol–water partition coefficient (Wildman–Crippen LogP) is 5.15. The van der Waals surface area contributed by atoms with Crippen LogP contribution in [-0.2, 0) is 0 Å². The van der Waals surface area contributed by atoms with Crippen molar-refractivity contribution in [2.24, 2.45) is 0 Å². The Balaban J connectivity index is 3.32. The molecule has 0 saturated heterocycles. The third kappa shape index (κ3) is 3.26. The van der Waals surface area contributed by atoms with E-state index in [2.05, 4.69) is 27.4 Å². The molecule has 0 bridgehead atoms. The Morgan fingerprint density at radius 2 is 1.88 bits per heavy atom. The molecule has 0 heterocycles. The van der Waals surface area contributed by atoms with E-state index in [0.29, 0.717) is 11.8 Å². The second-order valence-corrected chi connectivity index (χ2v) is 5.13. The van der Waals surface area contributed by atoms with Gasteiger partial charge in [-0.25, -0.2) is 0 Å². The lowest BCUT2D eigenvalue weighted by molar-refractivity contribution is 0.399. The Bertz CT molecular complexity index is 396. The van der Waals surface area contributed by atoms with Crippen molar-refractivity contribution >= 4 is 11.6 Å². The molecule has 0 N–H and O–H groups in total. The van der Waals surface area contributed by atoms with Gasteiger partial charge in [-0.2, -0.15) is 0 Å². The number of benzene rings is 1. The molecule has 94 valence electrons. The van der Waals surface area contributed by atoms with Crippen LogP contribution in [0.15, 0.2) is 24.8 Å². The predicted molar refractivity (Wildman–Crippen MR) is 75.3 cm³/mol. The van der Waals surface area contributed by atoms with Gasteiger partial charge in [-0.05, 0) is 41.5 Å². The Labute approximate surface area is 109 Å². The van der Waals surface area contributed by atoms with Gasteiger partial charge in [0.1, 0.15) is 5.75 Å². The van der Waals surface area contributed by atoms with Crippen LogP contribution in [0.1, 0.15) is 50.2 Å². The van der Waals surface area contributed by atoms with E-state index in [9.17, 15) is 0 Å². The zero-order chi connectivity index (χ0) is 13.0. The van der Waals surface area contributed by atoms with Gasteiger partial charge in [0.15, 0.2) is 0 Å². The van der Waals surface area contributed by atoms with Crippen LogP contribution in [0, 0.1) is 0 Å². The molecular formula is C15H21ClO. The standard InChI is InChI=1S/C15H21ClO/c1-6-7-11(4)14-9-12(16)8-13(10(2)3)15(14)17-5/h6,8-11H,1,7H2,2-5H3. The summed E-state index contributed by atoms with van der Waals surface area (Å²) >= 11 is 6.19. The minimum atomic E-state index is 0.374. The molecule has 1 aromatic carbocycles. The van der Waals surface area contributed by atoms with Crippen molar-refractivity contribution in [1.29, 1.82) is 0 Å². The Morgan fingerprint density at radius 3 is 2.35 bits per heavy atom. The van der Waals surface area contributed by atoms with Crippen LogP contribution in [-0.4, -0.2) is 7.11 Å². The first kappa shape index (κ1) is 14.1. The fourth-order valence-electron chi connectivity index (χ4n) is 2.04. The molecule has 0 aliphatic rings. The average molecular weight is 253 g/mol. The molecule has 1 rings (SSSR count). The van der Waals surface area contributed by atoms with E-state index in [1.807, 2.05) is 18.2 Å². The maximum atomic E-state index is 6.19. The topological polar surface area (TPSA) is 9.23 Å². The minimum Gasteiger partial charge on any atom is -0.496 e. The molecule has 1 aromatic rings. The van der Waals surface area contributed by atoms with Crippen LogP contribution in [0.2, 0.25) is 5.02 Å². The number of hydrogen-bond donors (Lipinski definition) is 0. The van der Waals surface area contributed by atoms with Gasteiger partial charge < -0.3 is 4.74 Å². The van der Waals surface area contributed by atoms with Crippen molar-refractivity contribution in [3.63, 3.8) is 0 Å². The van der Waals surface area contributed by atoms with Crippen molar-refractivity contribution in [2.45, 2.75) is 39.0 Å². The quantitative estimate of drug-likeness (QED) is 0.659. The Morgan fingerprint density at radius 1 is 1.29 bits per heavy atom. The van der Waals surface area contributed by atoms with Gasteiger partial charge in [0.2, 0.25) is 0 Å². The molecule has 2 heteroatoms. The van der Waals surface area contributed by atoms with Gasteiger partial charge in [0.05, 0.1) is 7.11 Å². The van der Waals surface area contributed by atoms with Crippen molar-refractivity contribution in [3.05, 3.63) is 40.9 Å². The van der Waals surface area contributed by atoms with Gasteiger partial charge in [-0.15, -0.1) is 6.58 Å². The summed E-state index contributed by atoms with van der Waals surface area (Å²) in [4.78, 5) is 0. The van der Waals surface area contributed by atoms with Crippen LogP contribution in [0.3, 0.4) is 0 Å². The number of rotatable bonds is 5. The largest absolute Gasteiger partial charge is 0.496 e. The third-order valence-electron chi connectivity index (χ3n) is 2.99. The molecule has 0 radical (unpaired) electrons. The highest BCUT2D eigenvalue weighted by Crippen LogP contribution is 2.38. The van der Waals surface area contributed by atoms with Gasteiger partial charge in [-0.3, -0.25) is 0 Å². The summed E-state index contributed by atoms with van der Waals surface area (Å²) in [5, 5.41) is 0.778. The van der Waals surface area contributed by atoms with E-state index in [0.717, 1.165) is 17.2 Å². The highest BCUT2D eigenvalue weighted by Gasteiger charge is 2.17. The lowest BCUT2D eigenvalue weighted by Gasteiger charge is -2.20. The molecule has 0 amide bonds. The normalized spacial score (nSPS) is 12.6. The molecule has 0 aliphatic heterocycles. The zero-order valence-electron chi connectivity index (χ0n) is 11.1. The summed E-state index contributed by atoms with van der Waals surface area (Å²) in [7, 11) is 1.72. The van der Waals surface area contributed by atoms with E-state index in [4.69, 9.17) is 16.3 Å². The first-order valence-corrected chi connectivity index (χ1v) is 6.37. The molecule has 1 unspecified atom stereocenters. The van der Waals surface area contributed by atoms with Crippen LogP contribution < -0.4 is 4.74 Å². The summed E-state index contributed by atoms with van der Waals surface area (Å²) in [5.74, 6) is 1.75. The number of hydrogen-bond acceptors (Lipinski definition) is 1. The van der Waals surface area contributed by atoms with E-state index in [1.54, 1.807) is 7.11 Å². The number of allylic oxidation sites excluding steroid dienone is 1. The highest BCUT2D eigenvalue weighted by molar-refractivity contribution is 6.30. The second-order valence-electron chi connectivity index (χ2n) is 4.70. The fraction of sp³-hybridized carbons (Fsp3) is 0.467. The van der Waals surface area contributed by atoms with Gasteiger partial charge in [0.25, 0.3) is 0 Å². The summed E-state index contributed by atoms with van der Waals surface area (Å²) in [5.41, 5.74) is 2.34. The third-order valence-corrected chi connectivity index (χ3v) is 3.21. The van der Waals surface area contributed by atoms with E-state index in [1.165, 1.54) is 11.1 Å². The molecular weight excluding hydrogens is 232 g/mol. The van der Waals surface area contributed by atoms with Crippen molar-refractivity contribution < 1.29 is 4.74 Å². The van der Waals surface area contributed by atoms with Crippen molar-refractivity contribution in [3.8, 4) is 5.75 Å². The van der Waals surface area contributed by atoms with E-state index < -0.39 is 0 Å². The SMILES string of the molecule is C=CCC(C)c1cc(Cl)cc(C(C)C)c1OC. The Kier molecular flexibility index (Phi) is 5.07. The van der Waals surface area contributed by atoms with Crippen molar-refractivity contribution in [1.82, 2.24) is 0 Å². The summed E-state index contributed by atoms with van der Waals surface area (Å²) in [6.07, 6.45) is 2.86. The summed E-state index contributed by atoms with van der Waals surface area (Å²) < 4.78 is 5.57. The van der Waals surface area contributed by atoms with E-state index >= 15 is 0 Å². The fourth-order valence-corrected chi connectivity index (χ4v) is 2.28. The van der Waals surface area contributed by atoms with Gasteiger partial charge in [-0.1, -0.05) is 38.4 Å². The molecule has 0 aliphatic carbocycles. The number of halogens is 1. The number of ether oxygens (including phenoxy) is 1. The molecule has 0 spiro atoms. The maximum Gasteiger partial charge on any atom is 0.125 e. The first-order valence-electron chi connectivity index (χ1n) is 5.99. The lowest BCUT2D eigenvalue weighted by atomic mass is 9.91. The van der Waals surface area contributed by atoms with Gasteiger partial charge >= 0.3 is 0 Å². The van der Waals surface area contributed by atoms with E-state index in [-0.39, 0.29) is 0 Å². The lowest BCUT2D eigenvalue weighted by Crippen LogP contribution is -2.02. The van der Waals surface area contributed by atoms with Gasteiger partial charge in [0, 0.05) is 5.02 Å².